The van der Waals surface area contributed by atoms with Gasteiger partial charge in [-0.05, 0) is 37.5 Å². The van der Waals surface area contributed by atoms with Gasteiger partial charge in [-0.3, -0.25) is 9.78 Å². The molecule has 5 rings (SSSR count). The number of hydrogen-bond donors (Lipinski definition) is 2. The Labute approximate surface area is 163 Å². The van der Waals surface area contributed by atoms with E-state index in [1.54, 1.807) is 24.7 Å². The fourth-order valence-corrected chi connectivity index (χ4v) is 5.12. The van der Waals surface area contributed by atoms with Crippen molar-refractivity contribution in [1.82, 2.24) is 20.3 Å². The number of nitrogens with zero attached hydrogens (tertiary/aromatic N) is 4. The summed E-state index contributed by atoms with van der Waals surface area (Å²) < 4.78 is 6.44. The van der Waals surface area contributed by atoms with Crippen molar-refractivity contribution in [2.75, 3.05) is 30.3 Å². The van der Waals surface area contributed by atoms with Crippen LogP contribution in [0.5, 0.6) is 0 Å². The van der Waals surface area contributed by atoms with Crippen LogP contribution < -0.4 is 16.0 Å². The summed E-state index contributed by atoms with van der Waals surface area (Å²) in [4.78, 5) is 27.6. The number of rotatable bonds is 4. The summed E-state index contributed by atoms with van der Waals surface area (Å²) in [6, 6.07) is 3.55. The molecule has 2 aromatic heterocycles. The lowest BCUT2D eigenvalue weighted by Gasteiger charge is -2.29. The van der Waals surface area contributed by atoms with Gasteiger partial charge in [-0.25, -0.2) is 4.98 Å². The van der Waals surface area contributed by atoms with Crippen molar-refractivity contribution < 1.29 is 9.53 Å². The Balaban J connectivity index is 1.30. The third-order valence-electron chi connectivity index (χ3n) is 6.37. The van der Waals surface area contributed by atoms with E-state index in [1.165, 1.54) is 0 Å². The Hall–Kier alpha value is -2.74. The standard InChI is InChI=1S/C20H24N6O2/c1-12-6-13(8-22-7-12)18(27)24-9-14-15-10-26(19-23-5-3-17(21)25-19)11-20(15)4-2-16(14)28-20/h3,5-8,14-16H,2,4,9-11H2,1H3,(H,24,27)(H2,21,23,25)/t14-,15+,16+,20+/m0/s1. The van der Waals surface area contributed by atoms with E-state index in [-0.39, 0.29) is 17.6 Å². The number of carbonyl (C=O) groups is 1. The average Bonchev–Trinajstić information content (AvgIpc) is 3.34. The third kappa shape index (κ3) is 2.79. The van der Waals surface area contributed by atoms with E-state index in [0.717, 1.165) is 31.5 Å². The largest absolute Gasteiger partial charge is 0.384 e. The molecule has 0 radical (unpaired) electrons. The van der Waals surface area contributed by atoms with Crippen molar-refractivity contribution >= 4 is 17.7 Å². The topological polar surface area (TPSA) is 106 Å². The van der Waals surface area contributed by atoms with E-state index in [2.05, 4.69) is 25.2 Å². The second kappa shape index (κ2) is 6.41. The molecule has 2 aromatic rings. The molecular weight excluding hydrogens is 356 g/mol. The number of aromatic nitrogens is 3. The van der Waals surface area contributed by atoms with Crippen LogP contribution in [0, 0.1) is 18.8 Å². The van der Waals surface area contributed by atoms with Crippen molar-refractivity contribution in [3.8, 4) is 0 Å². The van der Waals surface area contributed by atoms with Gasteiger partial charge in [0.05, 0.1) is 23.8 Å². The van der Waals surface area contributed by atoms with Crippen molar-refractivity contribution in [1.29, 1.82) is 0 Å². The van der Waals surface area contributed by atoms with Crippen LogP contribution in [0.25, 0.3) is 0 Å². The lowest BCUT2D eigenvalue weighted by molar-refractivity contribution is 0.0141. The number of hydrogen-bond acceptors (Lipinski definition) is 7. The monoisotopic (exact) mass is 380 g/mol. The first kappa shape index (κ1) is 17.4. The summed E-state index contributed by atoms with van der Waals surface area (Å²) in [6.07, 6.45) is 7.34. The molecule has 3 aliphatic heterocycles. The minimum Gasteiger partial charge on any atom is -0.384 e. The zero-order valence-electron chi connectivity index (χ0n) is 15.8. The molecule has 1 spiro atoms. The maximum absolute atomic E-state index is 12.5. The molecule has 3 aliphatic rings. The second-order valence-electron chi connectivity index (χ2n) is 8.15. The molecule has 4 atom stereocenters. The van der Waals surface area contributed by atoms with Crippen LogP contribution in [0.4, 0.5) is 11.8 Å². The molecule has 0 aromatic carbocycles. The van der Waals surface area contributed by atoms with Gasteiger partial charge in [-0.2, -0.15) is 4.98 Å². The van der Waals surface area contributed by atoms with E-state index in [1.807, 2.05) is 13.0 Å². The normalized spacial score (nSPS) is 30.5. The zero-order valence-corrected chi connectivity index (χ0v) is 15.8. The van der Waals surface area contributed by atoms with Gasteiger partial charge in [0.1, 0.15) is 5.82 Å². The van der Waals surface area contributed by atoms with E-state index >= 15 is 0 Å². The third-order valence-corrected chi connectivity index (χ3v) is 6.37. The van der Waals surface area contributed by atoms with E-state index in [9.17, 15) is 4.79 Å². The second-order valence-corrected chi connectivity index (χ2v) is 8.15. The van der Waals surface area contributed by atoms with Gasteiger partial charge in [0.15, 0.2) is 0 Å². The molecule has 0 unspecified atom stereocenters. The smallest absolute Gasteiger partial charge is 0.252 e. The first-order chi connectivity index (χ1) is 13.5. The predicted molar refractivity (Wildman–Crippen MR) is 104 cm³/mol. The number of ether oxygens (including phenoxy) is 1. The number of carbonyl (C=O) groups excluding carboxylic acids is 1. The van der Waals surface area contributed by atoms with Crippen LogP contribution in [-0.4, -0.2) is 52.2 Å². The van der Waals surface area contributed by atoms with E-state index < -0.39 is 0 Å². The number of aryl methyl sites for hydroxylation is 1. The van der Waals surface area contributed by atoms with Crippen molar-refractivity contribution in [2.45, 2.75) is 31.5 Å². The highest BCUT2D eigenvalue weighted by atomic mass is 16.5. The number of anilines is 2. The number of nitrogens with one attached hydrogen (secondary N) is 1. The van der Waals surface area contributed by atoms with Gasteiger partial charge in [0.25, 0.3) is 5.91 Å². The molecule has 5 heterocycles. The summed E-state index contributed by atoms with van der Waals surface area (Å²) in [7, 11) is 0. The maximum atomic E-state index is 12.5. The SMILES string of the molecule is Cc1cncc(C(=O)NC[C@H]2[C@H]3CN(c4nccc(N)n4)C[C@]34CC[C@H]2O4)c1. The van der Waals surface area contributed by atoms with E-state index in [4.69, 9.17) is 10.5 Å². The Morgan fingerprint density at radius 3 is 3.18 bits per heavy atom. The Morgan fingerprint density at radius 1 is 1.46 bits per heavy atom. The number of amides is 1. The van der Waals surface area contributed by atoms with Crippen LogP contribution in [0.15, 0.2) is 30.7 Å². The number of nitrogens with two attached hydrogens (primary N) is 1. The van der Waals surface area contributed by atoms with Gasteiger partial charge < -0.3 is 20.7 Å². The highest BCUT2D eigenvalue weighted by molar-refractivity contribution is 5.94. The summed E-state index contributed by atoms with van der Waals surface area (Å²) >= 11 is 0. The quantitative estimate of drug-likeness (QED) is 0.820. The molecule has 8 heteroatoms. The Bertz CT molecular complexity index is 921. The molecule has 0 aliphatic carbocycles. The predicted octanol–water partition coefficient (Wildman–Crippen LogP) is 1.18. The van der Waals surface area contributed by atoms with Crippen molar-refractivity contribution in [3.05, 3.63) is 41.9 Å². The lowest BCUT2D eigenvalue weighted by Crippen LogP contribution is -2.41. The van der Waals surface area contributed by atoms with Gasteiger partial charge in [0, 0.05) is 43.5 Å². The molecule has 146 valence electrons. The first-order valence-corrected chi connectivity index (χ1v) is 9.75. The number of fused-ring (bicyclic) bond motifs is 1. The highest BCUT2D eigenvalue weighted by Gasteiger charge is 2.63. The summed E-state index contributed by atoms with van der Waals surface area (Å²) in [5.41, 5.74) is 7.25. The maximum Gasteiger partial charge on any atom is 0.252 e. The van der Waals surface area contributed by atoms with Gasteiger partial charge in [0.2, 0.25) is 5.95 Å². The molecule has 3 N–H and O–H groups in total. The molecule has 28 heavy (non-hydrogen) atoms. The first-order valence-electron chi connectivity index (χ1n) is 9.75. The summed E-state index contributed by atoms with van der Waals surface area (Å²) in [6.45, 7) is 4.15. The van der Waals surface area contributed by atoms with Gasteiger partial charge in [-0.15, -0.1) is 0 Å². The summed E-state index contributed by atoms with van der Waals surface area (Å²) in [5.74, 6) is 1.69. The van der Waals surface area contributed by atoms with Crippen LogP contribution in [0.1, 0.15) is 28.8 Å². The molecule has 0 saturated carbocycles. The number of nitrogen functional groups attached to an aromatic ring is 1. The minimum absolute atomic E-state index is 0.0814. The average molecular weight is 380 g/mol. The minimum atomic E-state index is -0.154. The molecular formula is C20H24N6O2. The van der Waals surface area contributed by atoms with Crippen molar-refractivity contribution in [3.63, 3.8) is 0 Å². The Morgan fingerprint density at radius 2 is 2.36 bits per heavy atom. The lowest BCUT2D eigenvalue weighted by atomic mass is 9.73. The molecule has 1 amide bonds. The van der Waals surface area contributed by atoms with E-state index in [0.29, 0.717) is 35.7 Å². The molecule has 8 nitrogen and oxygen atoms in total. The van der Waals surface area contributed by atoms with Crippen LogP contribution in [-0.2, 0) is 4.74 Å². The van der Waals surface area contributed by atoms with Gasteiger partial charge >= 0.3 is 0 Å². The Kier molecular flexibility index (Phi) is 3.97. The molecule has 2 bridgehead atoms. The highest BCUT2D eigenvalue weighted by Crippen LogP contribution is 2.54. The molecule has 3 saturated heterocycles. The van der Waals surface area contributed by atoms with Crippen LogP contribution in [0.3, 0.4) is 0 Å². The van der Waals surface area contributed by atoms with Crippen LogP contribution >= 0.6 is 0 Å². The fraction of sp³-hybridized carbons (Fsp3) is 0.500. The zero-order chi connectivity index (χ0) is 19.3. The summed E-state index contributed by atoms with van der Waals surface area (Å²) in [5, 5.41) is 3.10. The number of pyridine rings is 1. The van der Waals surface area contributed by atoms with Gasteiger partial charge in [-0.1, -0.05) is 0 Å². The van der Waals surface area contributed by atoms with Crippen molar-refractivity contribution in [2.24, 2.45) is 11.8 Å². The van der Waals surface area contributed by atoms with Crippen LogP contribution in [0.2, 0.25) is 0 Å². The molecule has 3 fully saturated rings. The fourth-order valence-electron chi connectivity index (χ4n) is 5.12.